The molecule has 2 amide bonds. The smallest absolute Gasteiger partial charge is 0.316 e. The van der Waals surface area contributed by atoms with Gasteiger partial charge in [0.25, 0.3) is 0 Å². The van der Waals surface area contributed by atoms with E-state index in [4.69, 9.17) is 5.73 Å². The molecule has 1 aliphatic rings. The third-order valence-electron chi connectivity index (χ3n) is 2.86. The van der Waals surface area contributed by atoms with Crippen molar-refractivity contribution in [2.75, 3.05) is 10.6 Å². The zero-order valence-electron chi connectivity index (χ0n) is 9.20. The van der Waals surface area contributed by atoms with Crippen molar-refractivity contribution >= 4 is 17.4 Å². The number of rotatable bonds is 3. The van der Waals surface area contributed by atoms with E-state index in [9.17, 15) is 4.79 Å². The van der Waals surface area contributed by atoms with Crippen LogP contribution in [0.25, 0.3) is 0 Å². The lowest BCUT2D eigenvalue weighted by Gasteiger charge is -2.14. The van der Waals surface area contributed by atoms with Crippen molar-refractivity contribution in [2.45, 2.75) is 31.7 Å². The van der Waals surface area contributed by atoms with Crippen LogP contribution in [0.4, 0.5) is 16.2 Å². The molecule has 1 saturated carbocycles. The van der Waals surface area contributed by atoms with Gasteiger partial charge in [-0.15, -0.1) is 0 Å². The summed E-state index contributed by atoms with van der Waals surface area (Å²) in [4.78, 5) is 10.7. The van der Waals surface area contributed by atoms with Crippen LogP contribution in [0.3, 0.4) is 0 Å². The predicted octanol–water partition coefficient (Wildman–Crippen LogP) is 2.53. The molecule has 0 aromatic heterocycles. The molecule has 16 heavy (non-hydrogen) atoms. The van der Waals surface area contributed by atoms with Gasteiger partial charge in [-0.2, -0.15) is 0 Å². The second-order valence-electron chi connectivity index (χ2n) is 4.20. The SMILES string of the molecule is NC(=O)Nc1cccc(NC2CCCC2)c1. The molecule has 1 fully saturated rings. The molecule has 0 spiro atoms. The molecule has 4 N–H and O–H groups in total. The zero-order valence-corrected chi connectivity index (χ0v) is 9.20. The summed E-state index contributed by atoms with van der Waals surface area (Å²) >= 11 is 0. The molecule has 2 rings (SSSR count). The summed E-state index contributed by atoms with van der Waals surface area (Å²) in [7, 11) is 0. The van der Waals surface area contributed by atoms with Gasteiger partial charge in [-0.05, 0) is 31.0 Å². The highest BCUT2D eigenvalue weighted by Crippen LogP contribution is 2.23. The number of carbonyl (C=O) groups excluding carboxylic acids is 1. The van der Waals surface area contributed by atoms with Gasteiger partial charge < -0.3 is 16.4 Å². The monoisotopic (exact) mass is 219 g/mol. The lowest BCUT2D eigenvalue weighted by Crippen LogP contribution is -2.19. The van der Waals surface area contributed by atoms with Crippen molar-refractivity contribution in [3.8, 4) is 0 Å². The lowest BCUT2D eigenvalue weighted by molar-refractivity contribution is 0.259. The van der Waals surface area contributed by atoms with E-state index in [1.807, 2.05) is 24.3 Å². The number of hydrogen-bond donors (Lipinski definition) is 3. The Labute approximate surface area is 95.2 Å². The van der Waals surface area contributed by atoms with E-state index < -0.39 is 6.03 Å². The van der Waals surface area contributed by atoms with E-state index in [0.29, 0.717) is 6.04 Å². The van der Waals surface area contributed by atoms with Gasteiger partial charge in [-0.1, -0.05) is 18.9 Å². The maximum absolute atomic E-state index is 10.7. The van der Waals surface area contributed by atoms with Crippen LogP contribution in [0.2, 0.25) is 0 Å². The van der Waals surface area contributed by atoms with Crippen molar-refractivity contribution in [3.05, 3.63) is 24.3 Å². The first-order valence-electron chi connectivity index (χ1n) is 5.67. The normalized spacial score (nSPS) is 16.0. The largest absolute Gasteiger partial charge is 0.382 e. The number of nitrogens with two attached hydrogens (primary N) is 1. The molecule has 0 radical (unpaired) electrons. The highest BCUT2D eigenvalue weighted by molar-refractivity contribution is 5.88. The van der Waals surface area contributed by atoms with Gasteiger partial charge in [0.15, 0.2) is 0 Å². The van der Waals surface area contributed by atoms with Crippen LogP contribution in [0.1, 0.15) is 25.7 Å². The molecule has 1 aliphatic carbocycles. The third-order valence-corrected chi connectivity index (χ3v) is 2.86. The lowest BCUT2D eigenvalue weighted by atomic mass is 10.2. The topological polar surface area (TPSA) is 67.2 Å². The Bertz CT molecular complexity index is 372. The van der Waals surface area contributed by atoms with Crippen LogP contribution in [-0.4, -0.2) is 12.1 Å². The number of urea groups is 1. The molecular weight excluding hydrogens is 202 g/mol. The van der Waals surface area contributed by atoms with Crippen molar-refractivity contribution in [2.24, 2.45) is 5.73 Å². The fourth-order valence-corrected chi connectivity index (χ4v) is 2.13. The van der Waals surface area contributed by atoms with Crippen LogP contribution in [0, 0.1) is 0 Å². The van der Waals surface area contributed by atoms with Gasteiger partial charge in [0.05, 0.1) is 0 Å². The summed E-state index contributed by atoms with van der Waals surface area (Å²) in [5.41, 5.74) is 6.84. The number of benzene rings is 1. The molecule has 1 aromatic rings. The maximum Gasteiger partial charge on any atom is 0.316 e. The van der Waals surface area contributed by atoms with Crippen molar-refractivity contribution in [1.29, 1.82) is 0 Å². The molecule has 86 valence electrons. The van der Waals surface area contributed by atoms with Crippen LogP contribution >= 0.6 is 0 Å². The predicted molar refractivity (Wildman–Crippen MR) is 65.5 cm³/mol. The van der Waals surface area contributed by atoms with E-state index in [0.717, 1.165) is 11.4 Å². The molecule has 0 unspecified atom stereocenters. The second-order valence-corrected chi connectivity index (χ2v) is 4.20. The highest BCUT2D eigenvalue weighted by atomic mass is 16.2. The summed E-state index contributed by atoms with van der Waals surface area (Å²) in [6.07, 6.45) is 5.06. The Kier molecular flexibility index (Phi) is 3.29. The number of carbonyl (C=O) groups is 1. The molecular formula is C12H17N3O. The van der Waals surface area contributed by atoms with Gasteiger partial charge in [0, 0.05) is 17.4 Å². The minimum absolute atomic E-state index is 0.530. The van der Waals surface area contributed by atoms with Crippen LogP contribution in [0.5, 0.6) is 0 Å². The number of primary amides is 1. The van der Waals surface area contributed by atoms with Gasteiger partial charge >= 0.3 is 6.03 Å². The number of anilines is 2. The first kappa shape index (κ1) is 10.8. The van der Waals surface area contributed by atoms with Crippen molar-refractivity contribution < 1.29 is 4.79 Å². The molecule has 4 nitrogen and oxygen atoms in total. The molecule has 0 aliphatic heterocycles. The summed E-state index contributed by atoms with van der Waals surface area (Å²) < 4.78 is 0. The number of amides is 2. The Morgan fingerprint density at radius 1 is 1.25 bits per heavy atom. The molecule has 0 saturated heterocycles. The first-order valence-corrected chi connectivity index (χ1v) is 5.67. The van der Waals surface area contributed by atoms with E-state index in [2.05, 4.69) is 10.6 Å². The Morgan fingerprint density at radius 2 is 1.94 bits per heavy atom. The summed E-state index contributed by atoms with van der Waals surface area (Å²) in [6.45, 7) is 0. The quantitative estimate of drug-likeness (QED) is 0.731. The van der Waals surface area contributed by atoms with Crippen LogP contribution in [-0.2, 0) is 0 Å². The molecule has 0 atom stereocenters. The van der Waals surface area contributed by atoms with Crippen LogP contribution in [0.15, 0.2) is 24.3 Å². The van der Waals surface area contributed by atoms with Gasteiger partial charge in [-0.25, -0.2) is 4.79 Å². The highest BCUT2D eigenvalue weighted by Gasteiger charge is 2.14. The summed E-state index contributed by atoms with van der Waals surface area (Å²) in [6, 6.07) is 7.68. The minimum atomic E-state index is -0.530. The van der Waals surface area contributed by atoms with Gasteiger partial charge in [-0.3, -0.25) is 0 Å². The maximum atomic E-state index is 10.7. The minimum Gasteiger partial charge on any atom is -0.382 e. The van der Waals surface area contributed by atoms with E-state index in [1.54, 1.807) is 0 Å². The van der Waals surface area contributed by atoms with Crippen molar-refractivity contribution in [3.63, 3.8) is 0 Å². The van der Waals surface area contributed by atoms with E-state index >= 15 is 0 Å². The Balaban J connectivity index is 2.00. The van der Waals surface area contributed by atoms with Crippen molar-refractivity contribution in [1.82, 2.24) is 0 Å². The second kappa shape index (κ2) is 4.88. The van der Waals surface area contributed by atoms with E-state index in [-0.39, 0.29) is 0 Å². The molecule has 0 bridgehead atoms. The van der Waals surface area contributed by atoms with Gasteiger partial charge in [0.2, 0.25) is 0 Å². The zero-order chi connectivity index (χ0) is 11.4. The average molecular weight is 219 g/mol. The molecule has 0 heterocycles. The Hall–Kier alpha value is -1.71. The van der Waals surface area contributed by atoms with Crippen LogP contribution < -0.4 is 16.4 Å². The first-order chi connectivity index (χ1) is 7.74. The standard InChI is InChI=1S/C12H17N3O/c13-12(16)15-11-7-3-6-10(8-11)14-9-4-1-2-5-9/h3,6-9,14H,1-2,4-5H2,(H3,13,15,16). The number of nitrogens with one attached hydrogen (secondary N) is 2. The molecule has 1 aromatic carbocycles. The fraction of sp³-hybridized carbons (Fsp3) is 0.417. The van der Waals surface area contributed by atoms with E-state index in [1.165, 1.54) is 25.7 Å². The summed E-state index contributed by atoms with van der Waals surface area (Å²) in [5, 5.41) is 6.03. The average Bonchev–Trinajstić information content (AvgIpc) is 2.70. The number of hydrogen-bond acceptors (Lipinski definition) is 2. The molecule has 4 heteroatoms. The summed E-state index contributed by atoms with van der Waals surface area (Å²) in [5.74, 6) is 0. The van der Waals surface area contributed by atoms with Gasteiger partial charge in [0.1, 0.15) is 0 Å². The Morgan fingerprint density at radius 3 is 2.62 bits per heavy atom. The third kappa shape index (κ3) is 2.89. The fourth-order valence-electron chi connectivity index (χ4n) is 2.13.